The molecule has 0 aliphatic rings. The fourth-order valence-electron chi connectivity index (χ4n) is 1.31. The summed E-state index contributed by atoms with van der Waals surface area (Å²) in [5.74, 6) is -1.11. The number of nitriles is 1. The lowest BCUT2D eigenvalue weighted by Crippen LogP contribution is -2.32. The van der Waals surface area contributed by atoms with Gasteiger partial charge in [0, 0.05) is 13.6 Å². The van der Waals surface area contributed by atoms with Crippen LogP contribution in [0.15, 0.2) is 24.3 Å². The number of para-hydroxylation sites is 1. The van der Waals surface area contributed by atoms with Crippen molar-refractivity contribution in [3.8, 4) is 6.07 Å². The Kier molecular flexibility index (Phi) is 4.69. The van der Waals surface area contributed by atoms with Crippen LogP contribution in [0.25, 0.3) is 0 Å². The van der Waals surface area contributed by atoms with Gasteiger partial charge in [-0.05, 0) is 12.1 Å². The lowest BCUT2D eigenvalue weighted by molar-refractivity contribution is 0.0698. The third kappa shape index (κ3) is 3.49. The van der Waals surface area contributed by atoms with Gasteiger partial charge in [-0.1, -0.05) is 12.1 Å². The molecule has 6 nitrogen and oxygen atoms in total. The summed E-state index contributed by atoms with van der Waals surface area (Å²) in [6.07, 6.45) is 0.227. The standard InChI is InChI=1S/C12H13N3O3/c1-15(8-4-7-13)12(18)14-10-6-3-2-5-9(10)11(16)17/h2-3,5-6H,4,8H2,1H3,(H,14,18)(H,16,17). The molecule has 0 aliphatic carbocycles. The van der Waals surface area contributed by atoms with Crippen molar-refractivity contribution >= 4 is 17.7 Å². The Morgan fingerprint density at radius 1 is 1.44 bits per heavy atom. The second-order valence-corrected chi connectivity index (χ2v) is 3.61. The Labute approximate surface area is 104 Å². The molecule has 0 unspecified atom stereocenters. The molecule has 1 aromatic rings. The van der Waals surface area contributed by atoms with Gasteiger partial charge in [0.2, 0.25) is 0 Å². The summed E-state index contributed by atoms with van der Waals surface area (Å²) >= 11 is 0. The second-order valence-electron chi connectivity index (χ2n) is 3.61. The first-order valence-electron chi connectivity index (χ1n) is 5.27. The molecule has 6 heteroatoms. The molecule has 0 spiro atoms. The Bertz CT molecular complexity index is 494. The highest BCUT2D eigenvalue weighted by molar-refractivity contribution is 5.99. The van der Waals surface area contributed by atoms with Crippen molar-refractivity contribution in [3.63, 3.8) is 0 Å². The number of nitrogens with zero attached hydrogens (tertiary/aromatic N) is 2. The van der Waals surface area contributed by atoms with E-state index in [1.54, 1.807) is 12.1 Å². The maximum Gasteiger partial charge on any atom is 0.337 e. The zero-order chi connectivity index (χ0) is 13.5. The Morgan fingerprint density at radius 2 is 2.11 bits per heavy atom. The molecule has 0 saturated heterocycles. The molecular formula is C12H13N3O3. The van der Waals surface area contributed by atoms with Crippen LogP contribution < -0.4 is 5.32 Å². The molecule has 0 aliphatic heterocycles. The van der Waals surface area contributed by atoms with Crippen molar-refractivity contribution in [2.45, 2.75) is 6.42 Å². The monoisotopic (exact) mass is 247 g/mol. The number of carboxylic acid groups (broad SMARTS) is 1. The second kappa shape index (κ2) is 6.25. The number of rotatable bonds is 4. The van der Waals surface area contributed by atoms with Gasteiger partial charge in [-0.25, -0.2) is 9.59 Å². The minimum absolute atomic E-state index is 0.0273. The van der Waals surface area contributed by atoms with Crippen molar-refractivity contribution in [3.05, 3.63) is 29.8 Å². The normalized spacial score (nSPS) is 9.33. The maximum absolute atomic E-state index is 11.7. The Hall–Kier alpha value is -2.55. The van der Waals surface area contributed by atoms with Gasteiger partial charge in [0.15, 0.2) is 0 Å². The number of carbonyl (C=O) groups is 2. The van der Waals surface area contributed by atoms with Crippen LogP contribution in [0.3, 0.4) is 0 Å². The van der Waals surface area contributed by atoms with Crippen molar-refractivity contribution in [2.24, 2.45) is 0 Å². The fourth-order valence-corrected chi connectivity index (χ4v) is 1.31. The van der Waals surface area contributed by atoms with E-state index in [-0.39, 0.29) is 24.2 Å². The van der Waals surface area contributed by atoms with Crippen LogP contribution in [-0.4, -0.2) is 35.6 Å². The molecule has 2 N–H and O–H groups in total. The van der Waals surface area contributed by atoms with E-state index in [0.717, 1.165) is 0 Å². The molecule has 0 atom stereocenters. The SMILES string of the molecule is CN(CCC#N)C(=O)Nc1ccccc1C(=O)O. The first-order chi connectivity index (χ1) is 8.56. The van der Waals surface area contributed by atoms with Crippen molar-refractivity contribution in [2.75, 3.05) is 18.9 Å². The maximum atomic E-state index is 11.7. The van der Waals surface area contributed by atoms with E-state index < -0.39 is 12.0 Å². The molecule has 1 aromatic carbocycles. The summed E-state index contributed by atoms with van der Waals surface area (Å²) in [7, 11) is 1.54. The highest BCUT2D eigenvalue weighted by Gasteiger charge is 2.13. The van der Waals surface area contributed by atoms with Gasteiger partial charge in [-0.15, -0.1) is 0 Å². The van der Waals surface area contributed by atoms with E-state index in [9.17, 15) is 9.59 Å². The number of hydrogen-bond acceptors (Lipinski definition) is 3. The van der Waals surface area contributed by atoms with Crippen LogP contribution in [0.4, 0.5) is 10.5 Å². The number of aromatic carboxylic acids is 1. The van der Waals surface area contributed by atoms with Crippen LogP contribution in [0.1, 0.15) is 16.8 Å². The van der Waals surface area contributed by atoms with Gasteiger partial charge >= 0.3 is 12.0 Å². The summed E-state index contributed by atoms with van der Waals surface area (Å²) in [4.78, 5) is 24.0. The molecule has 0 radical (unpaired) electrons. The summed E-state index contributed by atoms with van der Waals surface area (Å²) in [6, 6.07) is 7.63. The van der Waals surface area contributed by atoms with Gasteiger partial charge in [0.05, 0.1) is 23.7 Å². The van der Waals surface area contributed by atoms with Crippen molar-refractivity contribution < 1.29 is 14.7 Å². The van der Waals surface area contributed by atoms with Gasteiger partial charge in [0.1, 0.15) is 0 Å². The van der Waals surface area contributed by atoms with E-state index in [2.05, 4.69) is 5.32 Å². The molecule has 0 aromatic heterocycles. The highest BCUT2D eigenvalue weighted by atomic mass is 16.4. The van der Waals surface area contributed by atoms with Gasteiger partial charge in [-0.3, -0.25) is 0 Å². The van der Waals surface area contributed by atoms with Crippen molar-refractivity contribution in [1.29, 1.82) is 5.26 Å². The topological polar surface area (TPSA) is 93.4 Å². The third-order valence-corrected chi connectivity index (χ3v) is 2.30. The predicted octanol–water partition coefficient (Wildman–Crippen LogP) is 1.76. The average molecular weight is 247 g/mol. The van der Waals surface area contributed by atoms with Gasteiger partial charge < -0.3 is 15.3 Å². The quantitative estimate of drug-likeness (QED) is 0.847. The van der Waals surface area contributed by atoms with Crippen LogP contribution in [0.5, 0.6) is 0 Å². The molecule has 1 rings (SSSR count). The number of anilines is 1. The molecular weight excluding hydrogens is 234 g/mol. The molecule has 2 amide bonds. The molecule has 0 bridgehead atoms. The first kappa shape index (κ1) is 13.5. The van der Waals surface area contributed by atoms with Crippen LogP contribution in [0, 0.1) is 11.3 Å². The van der Waals surface area contributed by atoms with Gasteiger partial charge in [0.25, 0.3) is 0 Å². The number of urea groups is 1. The molecule has 94 valence electrons. The molecule has 18 heavy (non-hydrogen) atoms. The van der Waals surface area contributed by atoms with Gasteiger partial charge in [-0.2, -0.15) is 5.26 Å². The molecule has 0 fully saturated rings. The summed E-state index contributed by atoms with van der Waals surface area (Å²) in [5, 5.41) is 19.9. The number of amides is 2. The Balaban J connectivity index is 2.76. The number of benzene rings is 1. The average Bonchev–Trinajstić information content (AvgIpc) is 2.36. The number of hydrogen-bond donors (Lipinski definition) is 2. The number of nitrogens with one attached hydrogen (secondary N) is 1. The zero-order valence-electron chi connectivity index (χ0n) is 9.88. The fraction of sp³-hybridized carbons (Fsp3) is 0.250. The van der Waals surface area contributed by atoms with E-state index in [4.69, 9.17) is 10.4 Å². The van der Waals surface area contributed by atoms with Crippen molar-refractivity contribution in [1.82, 2.24) is 4.90 Å². The lowest BCUT2D eigenvalue weighted by Gasteiger charge is -2.17. The smallest absolute Gasteiger partial charge is 0.337 e. The van der Waals surface area contributed by atoms with Crippen LogP contribution >= 0.6 is 0 Å². The van der Waals surface area contributed by atoms with Crippen LogP contribution in [-0.2, 0) is 0 Å². The largest absolute Gasteiger partial charge is 0.478 e. The third-order valence-electron chi connectivity index (χ3n) is 2.30. The van der Waals surface area contributed by atoms with E-state index in [1.807, 2.05) is 6.07 Å². The van der Waals surface area contributed by atoms with E-state index in [1.165, 1.54) is 24.1 Å². The zero-order valence-corrected chi connectivity index (χ0v) is 9.88. The number of carboxylic acids is 1. The summed E-state index contributed by atoms with van der Waals surface area (Å²) in [6.45, 7) is 0.289. The molecule has 0 heterocycles. The predicted molar refractivity (Wildman–Crippen MR) is 65.3 cm³/mol. The summed E-state index contributed by atoms with van der Waals surface area (Å²) in [5.41, 5.74) is 0.262. The van der Waals surface area contributed by atoms with E-state index in [0.29, 0.717) is 0 Å². The highest BCUT2D eigenvalue weighted by Crippen LogP contribution is 2.15. The summed E-state index contributed by atoms with van der Waals surface area (Å²) < 4.78 is 0. The molecule has 0 saturated carbocycles. The Morgan fingerprint density at radius 3 is 2.72 bits per heavy atom. The van der Waals surface area contributed by atoms with E-state index >= 15 is 0 Å². The number of carbonyl (C=O) groups excluding carboxylic acids is 1. The first-order valence-corrected chi connectivity index (χ1v) is 5.27. The minimum atomic E-state index is -1.11. The minimum Gasteiger partial charge on any atom is -0.478 e. The lowest BCUT2D eigenvalue weighted by atomic mass is 10.2. The van der Waals surface area contributed by atoms with Crippen LogP contribution in [0.2, 0.25) is 0 Å².